The van der Waals surface area contributed by atoms with Crippen molar-refractivity contribution in [2.45, 2.75) is 19.8 Å². The van der Waals surface area contributed by atoms with Crippen molar-refractivity contribution in [2.75, 3.05) is 29.1 Å². The van der Waals surface area contributed by atoms with Crippen molar-refractivity contribution >= 4 is 23.3 Å². The molecule has 0 aromatic carbocycles. The van der Waals surface area contributed by atoms with Crippen molar-refractivity contribution in [1.29, 1.82) is 0 Å². The van der Waals surface area contributed by atoms with Crippen molar-refractivity contribution in [2.24, 2.45) is 7.05 Å². The summed E-state index contributed by atoms with van der Waals surface area (Å²) in [6.45, 7) is 6.72. The molecule has 0 aliphatic carbocycles. The van der Waals surface area contributed by atoms with Crippen LogP contribution in [0.15, 0.2) is 12.7 Å². The van der Waals surface area contributed by atoms with Crippen LogP contribution in [-0.2, 0) is 13.5 Å². The molecule has 1 rings (SSSR count). The van der Waals surface area contributed by atoms with Crippen molar-refractivity contribution in [1.82, 2.24) is 9.78 Å². The Labute approximate surface area is 108 Å². The second-order valence-electron chi connectivity index (χ2n) is 3.87. The van der Waals surface area contributed by atoms with E-state index in [2.05, 4.69) is 23.9 Å². The van der Waals surface area contributed by atoms with E-state index in [0.717, 1.165) is 48.1 Å². The zero-order valence-electron chi connectivity index (χ0n) is 10.7. The number of rotatable bonds is 8. The molecule has 0 saturated heterocycles. The van der Waals surface area contributed by atoms with Gasteiger partial charge in [0, 0.05) is 25.1 Å². The molecule has 5 heteroatoms. The van der Waals surface area contributed by atoms with Crippen molar-refractivity contribution in [3.05, 3.63) is 18.3 Å². The fourth-order valence-electron chi connectivity index (χ4n) is 1.64. The van der Waals surface area contributed by atoms with E-state index in [4.69, 9.17) is 5.73 Å². The number of aryl methyl sites for hydroxylation is 2. The van der Waals surface area contributed by atoms with Gasteiger partial charge in [0.1, 0.15) is 5.82 Å². The summed E-state index contributed by atoms with van der Waals surface area (Å²) in [6.07, 6.45) is 3.92. The summed E-state index contributed by atoms with van der Waals surface area (Å²) in [5.41, 5.74) is 7.85. The molecule has 0 aliphatic heterocycles. The molecule has 0 saturated carbocycles. The van der Waals surface area contributed by atoms with Crippen LogP contribution in [-0.4, -0.2) is 27.8 Å². The van der Waals surface area contributed by atoms with E-state index in [1.54, 1.807) is 0 Å². The monoisotopic (exact) mass is 254 g/mol. The van der Waals surface area contributed by atoms with Crippen LogP contribution in [0, 0.1) is 0 Å². The summed E-state index contributed by atoms with van der Waals surface area (Å²) in [7, 11) is 1.93. The van der Waals surface area contributed by atoms with Gasteiger partial charge in [0.2, 0.25) is 0 Å². The number of hydrogen-bond donors (Lipinski definition) is 2. The van der Waals surface area contributed by atoms with Gasteiger partial charge in [0.05, 0.1) is 11.4 Å². The van der Waals surface area contributed by atoms with E-state index in [9.17, 15) is 0 Å². The number of hydrogen-bond acceptors (Lipinski definition) is 4. The van der Waals surface area contributed by atoms with Gasteiger partial charge in [-0.3, -0.25) is 4.68 Å². The van der Waals surface area contributed by atoms with E-state index in [1.165, 1.54) is 0 Å². The predicted molar refractivity (Wildman–Crippen MR) is 77.6 cm³/mol. The molecule has 0 spiro atoms. The van der Waals surface area contributed by atoms with Crippen LogP contribution in [0.5, 0.6) is 0 Å². The minimum Gasteiger partial charge on any atom is -0.394 e. The molecule has 96 valence electrons. The number of thioether (sulfide) groups is 1. The Kier molecular flexibility index (Phi) is 5.97. The molecule has 1 aromatic rings. The van der Waals surface area contributed by atoms with Gasteiger partial charge in [-0.2, -0.15) is 16.9 Å². The van der Waals surface area contributed by atoms with Crippen LogP contribution in [0.25, 0.3) is 0 Å². The first-order valence-corrected chi connectivity index (χ1v) is 7.10. The van der Waals surface area contributed by atoms with Crippen LogP contribution in [0.1, 0.15) is 19.0 Å². The molecule has 0 aliphatic rings. The Balaban J connectivity index is 2.49. The molecule has 0 radical (unpaired) electrons. The van der Waals surface area contributed by atoms with E-state index >= 15 is 0 Å². The molecule has 0 fully saturated rings. The van der Waals surface area contributed by atoms with Gasteiger partial charge in [-0.15, -0.1) is 6.58 Å². The van der Waals surface area contributed by atoms with Crippen LogP contribution in [0.3, 0.4) is 0 Å². The first-order chi connectivity index (χ1) is 8.20. The van der Waals surface area contributed by atoms with Crippen molar-refractivity contribution < 1.29 is 0 Å². The Morgan fingerprint density at radius 3 is 3.00 bits per heavy atom. The maximum Gasteiger partial charge on any atom is 0.147 e. The maximum absolute atomic E-state index is 6.06. The lowest BCUT2D eigenvalue weighted by Gasteiger charge is -2.06. The standard InChI is InChI=1S/C12H22N4S/c1-4-6-10-11(13)12(16(3)15-10)14-7-9-17-8-5-2/h5,14H,2,4,6-9,13H2,1,3H3. The number of aromatic nitrogens is 2. The lowest BCUT2D eigenvalue weighted by atomic mass is 10.2. The Bertz CT molecular complexity index is 360. The highest BCUT2D eigenvalue weighted by atomic mass is 32.2. The van der Waals surface area contributed by atoms with E-state index in [-0.39, 0.29) is 0 Å². The first kappa shape index (κ1) is 14.0. The van der Waals surface area contributed by atoms with Gasteiger partial charge in [0.25, 0.3) is 0 Å². The lowest BCUT2D eigenvalue weighted by molar-refractivity contribution is 0.736. The highest BCUT2D eigenvalue weighted by molar-refractivity contribution is 7.99. The highest BCUT2D eigenvalue weighted by Crippen LogP contribution is 2.22. The minimum absolute atomic E-state index is 0.795. The summed E-state index contributed by atoms with van der Waals surface area (Å²) < 4.78 is 1.83. The SMILES string of the molecule is C=CCSCCNc1c(N)c(CCC)nn1C. The normalized spacial score (nSPS) is 10.5. The van der Waals surface area contributed by atoms with Gasteiger partial charge in [0.15, 0.2) is 0 Å². The van der Waals surface area contributed by atoms with Gasteiger partial charge in [-0.1, -0.05) is 19.4 Å². The van der Waals surface area contributed by atoms with Crippen LogP contribution in [0.4, 0.5) is 11.5 Å². The van der Waals surface area contributed by atoms with Gasteiger partial charge in [-0.05, 0) is 6.42 Å². The average Bonchev–Trinajstić information content (AvgIpc) is 2.56. The molecular formula is C12H22N4S. The molecule has 0 unspecified atom stereocenters. The van der Waals surface area contributed by atoms with Crippen molar-refractivity contribution in [3.63, 3.8) is 0 Å². The zero-order valence-corrected chi connectivity index (χ0v) is 11.5. The number of anilines is 2. The number of nitrogen functional groups attached to an aromatic ring is 1. The molecule has 4 nitrogen and oxygen atoms in total. The Morgan fingerprint density at radius 2 is 2.35 bits per heavy atom. The van der Waals surface area contributed by atoms with E-state index in [1.807, 2.05) is 29.6 Å². The van der Waals surface area contributed by atoms with Gasteiger partial charge < -0.3 is 11.1 Å². The molecule has 1 heterocycles. The first-order valence-electron chi connectivity index (χ1n) is 5.94. The summed E-state index contributed by atoms with van der Waals surface area (Å²) in [4.78, 5) is 0. The fraction of sp³-hybridized carbons (Fsp3) is 0.583. The minimum atomic E-state index is 0.795. The molecule has 17 heavy (non-hydrogen) atoms. The van der Waals surface area contributed by atoms with Gasteiger partial charge >= 0.3 is 0 Å². The second-order valence-corrected chi connectivity index (χ2v) is 5.02. The molecular weight excluding hydrogens is 232 g/mol. The third-order valence-electron chi connectivity index (χ3n) is 2.42. The highest BCUT2D eigenvalue weighted by Gasteiger charge is 2.11. The number of nitrogens with one attached hydrogen (secondary N) is 1. The molecule has 0 amide bonds. The smallest absolute Gasteiger partial charge is 0.147 e. The molecule has 0 atom stereocenters. The summed E-state index contributed by atoms with van der Waals surface area (Å²) in [6, 6.07) is 0. The lowest BCUT2D eigenvalue weighted by Crippen LogP contribution is -2.09. The molecule has 1 aromatic heterocycles. The number of nitrogens with two attached hydrogens (primary N) is 1. The molecule has 3 N–H and O–H groups in total. The van der Waals surface area contributed by atoms with Crippen LogP contribution < -0.4 is 11.1 Å². The maximum atomic E-state index is 6.06. The van der Waals surface area contributed by atoms with Crippen LogP contribution >= 0.6 is 11.8 Å². The zero-order chi connectivity index (χ0) is 12.7. The third-order valence-corrected chi connectivity index (χ3v) is 3.39. The fourth-order valence-corrected chi connectivity index (χ4v) is 2.22. The average molecular weight is 254 g/mol. The Hall–Kier alpha value is -1.10. The van der Waals surface area contributed by atoms with Crippen LogP contribution in [0.2, 0.25) is 0 Å². The topological polar surface area (TPSA) is 55.9 Å². The number of nitrogens with zero attached hydrogens (tertiary/aromatic N) is 2. The van der Waals surface area contributed by atoms with E-state index in [0.29, 0.717) is 0 Å². The Morgan fingerprint density at radius 1 is 1.59 bits per heavy atom. The van der Waals surface area contributed by atoms with Gasteiger partial charge in [-0.25, -0.2) is 0 Å². The quantitative estimate of drug-likeness (QED) is 0.552. The summed E-state index contributed by atoms with van der Waals surface area (Å²) in [5.74, 6) is 2.97. The second kappa shape index (κ2) is 7.27. The largest absolute Gasteiger partial charge is 0.394 e. The summed E-state index contributed by atoms with van der Waals surface area (Å²) >= 11 is 1.85. The predicted octanol–water partition coefficient (Wildman–Crippen LogP) is 2.29. The van der Waals surface area contributed by atoms with E-state index < -0.39 is 0 Å². The summed E-state index contributed by atoms with van der Waals surface area (Å²) in [5, 5.41) is 7.76. The third kappa shape index (κ3) is 4.00. The van der Waals surface area contributed by atoms with Crippen molar-refractivity contribution in [3.8, 4) is 0 Å². The molecule has 0 bridgehead atoms.